The molecule has 1 aromatic heterocycles. The van der Waals surface area contributed by atoms with E-state index in [2.05, 4.69) is 42.2 Å². The van der Waals surface area contributed by atoms with Crippen molar-refractivity contribution >= 4 is 5.91 Å². The molecule has 3 N–H and O–H groups in total. The fourth-order valence-corrected chi connectivity index (χ4v) is 4.24. The molecule has 26 heavy (non-hydrogen) atoms. The average Bonchev–Trinajstić information content (AvgIpc) is 3.05. The summed E-state index contributed by atoms with van der Waals surface area (Å²) in [5, 5.41) is 0. The van der Waals surface area contributed by atoms with E-state index < -0.39 is 0 Å². The molecule has 1 amide bonds. The van der Waals surface area contributed by atoms with Gasteiger partial charge in [-0.25, -0.2) is 0 Å². The van der Waals surface area contributed by atoms with E-state index in [4.69, 9.17) is 5.73 Å². The molecule has 3 heteroatoms. The normalized spacial score (nSPS) is 19.2. The van der Waals surface area contributed by atoms with Crippen LogP contribution in [0.25, 0.3) is 11.3 Å². The first-order valence-corrected chi connectivity index (χ1v) is 10.3. The van der Waals surface area contributed by atoms with E-state index in [0.717, 1.165) is 37.1 Å². The third-order valence-electron chi connectivity index (χ3n) is 5.75. The quantitative estimate of drug-likeness (QED) is 0.754. The maximum absolute atomic E-state index is 12.2. The van der Waals surface area contributed by atoms with Crippen molar-refractivity contribution in [2.24, 2.45) is 5.73 Å². The Hall–Kier alpha value is -2.03. The number of benzene rings is 1. The predicted molar refractivity (Wildman–Crippen MR) is 108 cm³/mol. The zero-order chi connectivity index (χ0) is 18.4. The average molecular weight is 353 g/mol. The lowest BCUT2D eigenvalue weighted by atomic mass is 9.91. The Balaban J connectivity index is 1.99. The topological polar surface area (TPSA) is 58.9 Å². The number of fused-ring (bicyclic) bond motifs is 1. The Morgan fingerprint density at radius 2 is 1.77 bits per heavy atom. The van der Waals surface area contributed by atoms with Crippen LogP contribution in [0.4, 0.5) is 0 Å². The summed E-state index contributed by atoms with van der Waals surface area (Å²) in [5.74, 6) is -0.382. The van der Waals surface area contributed by atoms with Gasteiger partial charge < -0.3 is 10.7 Å². The lowest BCUT2D eigenvalue weighted by Crippen LogP contribution is -2.22. The van der Waals surface area contributed by atoms with Crippen molar-refractivity contribution in [3.05, 3.63) is 47.2 Å². The fourth-order valence-electron chi connectivity index (χ4n) is 4.24. The van der Waals surface area contributed by atoms with Gasteiger partial charge in [0.15, 0.2) is 0 Å². The molecule has 0 fully saturated rings. The maximum Gasteiger partial charge on any atom is 0.226 e. The van der Waals surface area contributed by atoms with E-state index in [-0.39, 0.29) is 11.8 Å². The molecule has 1 unspecified atom stereocenters. The van der Waals surface area contributed by atoms with Crippen LogP contribution in [0, 0.1) is 0 Å². The van der Waals surface area contributed by atoms with Crippen LogP contribution >= 0.6 is 0 Å². The molecule has 0 bridgehead atoms. The molecule has 1 aromatic carbocycles. The first kappa shape index (κ1) is 18.8. The van der Waals surface area contributed by atoms with Gasteiger partial charge in [0.25, 0.3) is 0 Å². The molecule has 0 spiro atoms. The van der Waals surface area contributed by atoms with Gasteiger partial charge in [-0.1, -0.05) is 69.7 Å². The Morgan fingerprint density at radius 3 is 2.50 bits per heavy atom. The third kappa shape index (κ3) is 4.38. The van der Waals surface area contributed by atoms with E-state index in [9.17, 15) is 4.79 Å². The van der Waals surface area contributed by atoms with Crippen molar-refractivity contribution < 1.29 is 4.79 Å². The number of carbonyl (C=O) groups excluding carboxylic acids is 1. The largest absolute Gasteiger partial charge is 0.369 e. The van der Waals surface area contributed by atoms with Crippen LogP contribution in [-0.2, 0) is 17.6 Å². The van der Waals surface area contributed by atoms with Gasteiger partial charge >= 0.3 is 0 Å². The van der Waals surface area contributed by atoms with Crippen LogP contribution in [0.1, 0.15) is 81.0 Å². The van der Waals surface area contributed by atoms with E-state index in [1.165, 1.54) is 55.2 Å². The number of amides is 1. The van der Waals surface area contributed by atoms with Crippen LogP contribution in [0.3, 0.4) is 0 Å². The van der Waals surface area contributed by atoms with E-state index >= 15 is 0 Å². The summed E-state index contributed by atoms with van der Waals surface area (Å²) in [6.07, 6.45) is 11.5. The molecule has 1 atom stereocenters. The van der Waals surface area contributed by atoms with E-state index in [1.54, 1.807) is 0 Å². The third-order valence-corrected chi connectivity index (χ3v) is 5.75. The number of hydrogen-bond acceptors (Lipinski definition) is 1. The second-order valence-corrected chi connectivity index (χ2v) is 7.60. The number of aromatic nitrogens is 1. The van der Waals surface area contributed by atoms with Gasteiger partial charge in [-0.3, -0.25) is 4.79 Å². The number of nitrogens with two attached hydrogens (primary N) is 1. The molecular weight excluding hydrogens is 320 g/mol. The molecule has 2 aromatic rings. The lowest BCUT2D eigenvalue weighted by molar-refractivity contribution is -0.119. The highest BCUT2D eigenvalue weighted by Gasteiger charge is 2.24. The zero-order valence-corrected chi connectivity index (χ0v) is 16.0. The monoisotopic (exact) mass is 352 g/mol. The molecule has 1 heterocycles. The van der Waals surface area contributed by atoms with Crippen molar-refractivity contribution in [3.63, 3.8) is 0 Å². The molecule has 140 valence electrons. The Morgan fingerprint density at radius 1 is 1.08 bits per heavy atom. The van der Waals surface area contributed by atoms with Gasteiger partial charge in [-0.15, -0.1) is 0 Å². The smallest absolute Gasteiger partial charge is 0.226 e. The molecule has 0 saturated heterocycles. The first-order valence-electron chi connectivity index (χ1n) is 10.3. The van der Waals surface area contributed by atoms with Gasteiger partial charge in [-0.05, 0) is 42.9 Å². The van der Waals surface area contributed by atoms with E-state index in [1.807, 2.05) is 0 Å². The Kier molecular flexibility index (Phi) is 6.54. The van der Waals surface area contributed by atoms with E-state index in [0.29, 0.717) is 0 Å². The highest BCUT2D eigenvalue weighted by atomic mass is 16.1. The summed E-state index contributed by atoms with van der Waals surface area (Å²) in [4.78, 5) is 15.8. The fraction of sp³-hybridized carbons (Fsp3) is 0.522. The van der Waals surface area contributed by atoms with Crippen LogP contribution in [0.5, 0.6) is 0 Å². The van der Waals surface area contributed by atoms with Crippen LogP contribution < -0.4 is 5.73 Å². The molecule has 3 nitrogen and oxygen atoms in total. The number of H-pyrrole nitrogens is 1. The number of hydrogen-bond donors (Lipinski definition) is 2. The van der Waals surface area contributed by atoms with Crippen molar-refractivity contribution in [1.82, 2.24) is 4.98 Å². The summed E-state index contributed by atoms with van der Waals surface area (Å²) in [5.41, 5.74) is 11.9. The molecule has 0 radical (unpaired) electrons. The molecule has 0 aliphatic heterocycles. The lowest BCUT2D eigenvalue weighted by Gasteiger charge is -2.16. The second kappa shape index (κ2) is 9.07. The second-order valence-electron chi connectivity index (χ2n) is 7.60. The van der Waals surface area contributed by atoms with Gasteiger partial charge in [-0.2, -0.15) is 0 Å². The van der Waals surface area contributed by atoms with Crippen molar-refractivity contribution in [2.75, 3.05) is 0 Å². The Bertz CT molecular complexity index is 732. The molecular formula is C23H32N2O. The number of primary amides is 1. The molecule has 3 rings (SSSR count). The van der Waals surface area contributed by atoms with Gasteiger partial charge in [0, 0.05) is 17.0 Å². The highest BCUT2D eigenvalue weighted by molar-refractivity contribution is 5.82. The van der Waals surface area contributed by atoms with Gasteiger partial charge in [0.1, 0.15) is 0 Å². The summed E-state index contributed by atoms with van der Waals surface area (Å²) in [6.45, 7) is 2.19. The summed E-state index contributed by atoms with van der Waals surface area (Å²) >= 11 is 0. The summed E-state index contributed by atoms with van der Waals surface area (Å²) in [6, 6.07) is 10.8. The molecule has 1 aliphatic carbocycles. The maximum atomic E-state index is 12.2. The van der Waals surface area contributed by atoms with Crippen LogP contribution in [-0.4, -0.2) is 10.9 Å². The number of aromatic amines is 1. The van der Waals surface area contributed by atoms with Crippen molar-refractivity contribution in [1.29, 1.82) is 0 Å². The standard InChI is InChI=1S/C23H32N2O/c1-2-17-12-10-11-14-19(17)21-16-18-13-8-6-4-3-5-7-9-15-20(23(24)26)22(18)25-21/h10-12,14,16,20,25H,2-9,13,15H2,1H3,(H2,24,26). The van der Waals surface area contributed by atoms with Crippen molar-refractivity contribution in [2.45, 2.75) is 77.0 Å². The SMILES string of the molecule is CCc1ccccc1-c1cc2c([nH]1)C(C(N)=O)CCCCCCCCC2. The minimum absolute atomic E-state index is 0.188. The number of nitrogens with one attached hydrogen (secondary N) is 1. The summed E-state index contributed by atoms with van der Waals surface area (Å²) in [7, 11) is 0. The Labute approximate surface area is 157 Å². The predicted octanol–water partition coefficient (Wildman–Crippen LogP) is 5.49. The minimum Gasteiger partial charge on any atom is -0.369 e. The minimum atomic E-state index is -0.194. The number of carbonyl (C=O) groups is 1. The number of aryl methyl sites for hydroxylation is 2. The summed E-state index contributed by atoms with van der Waals surface area (Å²) < 4.78 is 0. The van der Waals surface area contributed by atoms with Crippen molar-refractivity contribution in [3.8, 4) is 11.3 Å². The first-order chi connectivity index (χ1) is 12.7. The highest BCUT2D eigenvalue weighted by Crippen LogP contribution is 2.33. The zero-order valence-electron chi connectivity index (χ0n) is 16.0. The molecule has 1 aliphatic rings. The van der Waals surface area contributed by atoms with Gasteiger partial charge in [0.2, 0.25) is 5.91 Å². The van der Waals surface area contributed by atoms with Gasteiger partial charge in [0.05, 0.1) is 5.92 Å². The number of rotatable bonds is 3. The van der Waals surface area contributed by atoms with Crippen LogP contribution in [0.15, 0.2) is 30.3 Å². The van der Waals surface area contributed by atoms with Crippen LogP contribution in [0.2, 0.25) is 0 Å². The molecule has 0 saturated carbocycles.